The number of methoxy groups -OCH3 is 4. The molecule has 0 fully saturated rings. The van der Waals surface area contributed by atoms with Gasteiger partial charge in [0.1, 0.15) is 53.2 Å². The number of amides is 8. The van der Waals surface area contributed by atoms with Crippen molar-refractivity contribution in [2.75, 3.05) is 49.7 Å². The van der Waals surface area contributed by atoms with Crippen molar-refractivity contribution in [2.45, 2.75) is 103 Å². The fourth-order valence-corrected chi connectivity index (χ4v) is 16.8. The number of aromatic nitrogens is 8. The van der Waals surface area contributed by atoms with E-state index in [9.17, 15) is 42.7 Å². The molecular formula is C92H92Cl3FN16O12. The molecule has 0 saturated heterocycles. The Bertz CT molecular complexity index is 6150. The average molecular weight is 1740 g/mol. The minimum absolute atomic E-state index is 0.104. The zero-order valence-corrected chi connectivity index (χ0v) is 72.8. The van der Waals surface area contributed by atoms with Crippen LogP contribution in [0.15, 0.2) is 176 Å². The molecule has 124 heavy (non-hydrogen) atoms. The second kappa shape index (κ2) is 37.4. The van der Waals surface area contributed by atoms with Gasteiger partial charge in [0.2, 0.25) is 23.6 Å². The SMILES string of the molecule is CCc1cc(C(=O)N[C@H]2C(=O)Nc3c(c(C)nn3C)[C@H]2c2ccc(Cl)c(Cl)c2)ccc1OC.COc1ccc([C@@H]2c3c(C)nn(C)c3NC(=O)[C@@H]2NC(=O)c2ccc(C)cc2)cc1F.COc1ccc([C@@H]2c3c(C)nn(C)c3NC(=O)[C@@H]2NC(=O)c2ccccc2)cc1OC.Cc1ccc(C(=O)N[C@H]2C(=O)Nc3c(c(C)nn3C)[C@H]2c2cccc(Cl)c2)cc1. The van der Waals surface area contributed by atoms with E-state index in [1.165, 1.54) is 19.2 Å². The molecule has 8 amide bonds. The Labute approximate surface area is 729 Å². The summed E-state index contributed by atoms with van der Waals surface area (Å²) in [6.07, 6.45) is 0.707. The first kappa shape index (κ1) is 88.2. The third-order valence-corrected chi connectivity index (χ3v) is 23.3. The first-order chi connectivity index (χ1) is 59.3. The summed E-state index contributed by atoms with van der Waals surface area (Å²) < 4.78 is 42.3. The number of benzene rings is 8. The molecule has 8 N–H and O–H groups in total. The molecule has 0 spiro atoms. The fraction of sp³-hybridized carbons (Fsp3) is 0.261. The van der Waals surface area contributed by atoms with E-state index in [4.69, 9.17) is 53.8 Å². The van der Waals surface area contributed by atoms with Crippen LogP contribution >= 0.6 is 34.8 Å². The van der Waals surface area contributed by atoms with E-state index >= 15 is 0 Å². The smallest absolute Gasteiger partial charge is 0.251 e. The van der Waals surface area contributed by atoms with Gasteiger partial charge >= 0.3 is 0 Å². The highest BCUT2D eigenvalue weighted by Gasteiger charge is 2.46. The molecule has 4 aliphatic heterocycles. The van der Waals surface area contributed by atoms with Crippen LogP contribution in [0.3, 0.4) is 0 Å². The Balaban J connectivity index is 0.000000142. The highest BCUT2D eigenvalue weighted by atomic mass is 35.5. The molecule has 8 heterocycles. The van der Waals surface area contributed by atoms with Gasteiger partial charge in [-0.2, -0.15) is 20.4 Å². The largest absolute Gasteiger partial charge is 0.496 e. The first-order valence-corrected chi connectivity index (χ1v) is 40.7. The molecule has 0 bridgehead atoms. The number of fused-ring (bicyclic) bond motifs is 4. The predicted octanol–water partition coefficient (Wildman–Crippen LogP) is 13.8. The number of carbonyl (C=O) groups excluding carboxylic acids is 8. The van der Waals surface area contributed by atoms with Crippen LogP contribution in [0.1, 0.15) is 156 Å². The number of ether oxygens (including phenoxy) is 4. The van der Waals surface area contributed by atoms with Gasteiger partial charge in [-0.15, -0.1) is 0 Å². The van der Waals surface area contributed by atoms with Gasteiger partial charge in [-0.1, -0.05) is 126 Å². The van der Waals surface area contributed by atoms with Crippen LogP contribution in [0, 0.1) is 47.4 Å². The molecule has 0 aliphatic carbocycles. The van der Waals surface area contributed by atoms with Crippen LogP contribution in [0.5, 0.6) is 23.0 Å². The Morgan fingerprint density at radius 1 is 0.371 bits per heavy atom. The molecule has 4 aromatic heterocycles. The van der Waals surface area contributed by atoms with Crippen LogP contribution in [0.4, 0.5) is 27.7 Å². The van der Waals surface area contributed by atoms with Crippen molar-refractivity contribution in [1.29, 1.82) is 0 Å². The minimum Gasteiger partial charge on any atom is -0.496 e. The first-order valence-electron chi connectivity index (χ1n) is 39.6. The number of nitrogens with zero attached hydrogens (tertiary/aromatic N) is 8. The van der Waals surface area contributed by atoms with Crippen molar-refractivity contribution in [3.05, 3.63) is 303 Å². The summed E-state index contributed by atoms with van der Waals surface area (Å²) in [6.45, 7) is 13.3. The van der Waals surface area contributed by atoms with E-state index in [0.29, 0.717) is 95.5 Å². The second-order valence-electron chi connectivity index (χ2n) is 30.3. The van der Waals surface area contributed by atoms with Gasteiger partial charge < -0.3 is 61.5 Å². The van der Waals surface area contributed by atoms with E-state index in [0.717, 1.165) is 72.7 Å². The van der Waals surface area contributed by atoms with Crippen molar-refractivity contribution >= 4 is 105 Å². The molecule has 12 aromatic rings. The van der Waals surface area contributed by atoms with Crippen molar-refractivity contribution in [3.8, 4) is 23.0 Å². The molecular weight excluding hydrogens is 1650 g/mol. The third kappa shape index (κ3) is 18.1. The van der Waals surface area contributed by atoms with Crippen LogP contribution in [0.25, 0.3) is 0 Å². The number of hydrogen-bond donors (Lipinski definition) is 8. The van der Waals surface area contributed by atoms with Gasteiger partial charge in [-0.25, -0.2) is 4.39 Å². The van der Waals surface area contributed by atoms with Crippen LogP contribution < -0.4 is 61.5 Å². The molecule has 0 saturated carbocycles. The predicted molar refractivity (Wildman–Crippen MR) is 470 cm³/mol. The lowest BCUT2D eigenvalue weighted by molar-refractivity contribution is -0.119. The summed E-state index contributed by atoms with van der Waals surface area (Å²) in [5, 5.41) is 42.3. The maximum absolute atomic E-state index is 14.5. The van der Waals surface area contributed by atoms with Gasteiger partial charge in [-0.3, -0.25) is 57.1 Å². The molecule has 0 radical (unpaired) electrons. The van der Waals surface area contributed by atoms with Crippen LogP contribution in [-0.2, 0) is 53.8 Å². The summed E-state index contributed by atoms with van der Waals surface area (Å²) in [4.78, 5) is 104. The van der Waals surface area contributed by atoms with Crippen molar-refractivity contribution in [2.24, 2.45) is 28.2 Å². The minimum atomic E-state index is -0.947. The Hall–Kier alpha value is -13.6. The Morgan fingerprint density at radius 2 is 0.710 bits per heavy atom. The summed E-state index contributed by atoms with van der Waals surface area (Å²) >= 11 is 18.7. The topological polar surface area (TPSA) is 341 Å². The molecule has 16 rings (SSSR count). The van der Waals surface area contributed by atoms with Crippen molar-refractivity contribution < 1.29 is 61.7 Å². The van der Waals surface area contributed by atoms with E-state index in [-0.39, 0.29) is 47.1 Å². The molecule has 4 aliphatic rings. The number of nitrogens with one attached hydrogen (secondary N) is 8. The molecule has 640 valence electrons. The van der Waals surface area contributed by atoms with E-state index in [2.05, 4.69) is 62.9 Å². The Kier molecular flexibility index (Phi) is 26.6. The van der Waals surface area contributed by atoms with Gasteiger partial charge in [-0.05, 0) is 179 Å². The number of aryl methyl sites for hydroxylation is 11. The molecule has 28 nitrogen and oxygen atoms in total. The average Bonchev–Trinajstić information content (AvgIpc) is 1.57. The van der Waals surface area contributed by atoms with Gasteiger partial charge in [0.15, 0.2) is 23.1 Å². The molecule has 32 heteroatoms. The lowest BCUT2D eigenvalue weighted by Crippen LogP contribution is -2.50. The fourth-order valence-electron chi connectivity index (χ4n) is 16.3. The number of rotatable bonds is 17. The van der Waals surface area contributed by atoms with E-state index < -0.39 is 59.6 Å². The van der Waals surface area contributed by atoms with E-state index in [1.807, 2.05) is 115 Å². The van der Waals surface area contributed by atoms with Gasteiger partial charge in [0.25, 0.3) is 23.6 Å². The normalized spacial score (nSPS) is 17.6. The lowest BCUT2D eigenvalue weighted by atomic mass is 9.81. The Morgan fingerprint density at radius 3 is 1.08 bits per heavy atom. The highest BCUT2D eigenvalue weighted by molar-refractivity contribution is 6.42. The maximum atomic E-state index is 14.5. The van der Waals surface area contributed by atoms with Crippen molar-refractivity contribution in [3.63, 3.8) is 0 Å². The lowest BCUT2D eigenvalue weighted by Gasteiger charge is -2.33. The molecule has 8 aromatic carbocycles. The van der Waals surface area contributed by atoms with E-state index in [1.54, 1.807) is 165 Å². The zero-order chi connectivity index (χ0) is 89.0. The molecule has 8 atom stereocenters. The van der Waals surface area contributed by atoms with Crippen LogP contribution in [-0.4, -0.2) is 139 Å². The summed E-state index contributed by atoms with van der Waals surface area (Å²) in [5.74, 6) is -0.873. The van der Waals surface area contributed by atoms with Gasteiger partial charge in [0.05, 0.1) is 61.3 Å². The van der Waals surface area contributed by atoms with Gasteiger partial charge in [0, 0.05) is 101 Å². The number of anilines is 4. The zero-order valence-electron chi connectivity index (χ0n) is 70.6. The monoisotopic (exact) mass is 1740 g/mol. The standard InChI is InChI=1S/C24H24Cl2N4O3.C23H23FN4O3.C23H24N4O4.C22H21ClN4O2/c1-5-13-10-15(7-9-18(13)33-4)23(31)27-21-20(14-6-8-16(25)17(26)11-14)19-12(2)29-30(3)22(19)28-24(21)32;1-12-5-7-14(8-6-12)22(29)25-20-19(15-9-10-17(31-4)16(24)11-15)18-13(2)27-28(3)21(18)26-23(20)30;1-13-18-19(15-10-11-16(30-3)17(12-15)31-4)20(23(29)25-21(18)27(2)26-13)24-22(28)14-8-6-5-7-9-14;1-12-7-9-14(10-8-12)21(28)24-19-18(15-5-4-6-16(23)11-15)17-13(2)26-27(3)20(17)25-22(19)29/h6-11,20-21H,5H2,1-4H3,(H,27,31)(H,28,32);5-11,19-20H,1-4H3,(H,25,29)(H,26,30);5-12,19-20H,1-4H3,(H,24,28)(H,25,29);4-11,18-19H,1-3H3,(H,24,28)(H,25,29)/t20-,21-;2*19-,20-;18-,19-/m1111/s1. The van der Waals surface area contributed by atoms with Crippen molar-refractivity contribution in [1.82, 2.24) is 60.4 Å². The second-order valence-corrected chi connectivity index (χ2v) is 31.5. The summed E-state index contributed by atoms with van der Waals surface area (Å²) in [7, 11) is 13.2. The quantitative estimate of drug-likeness (QED) is 0.0420. The maximum Gasteiger partial charge on any atom is 0.251 e. The van der Waals surface area contributed by atoms with Crippen LogP contribution in [0.2, 0.25) is 15.1 Å². The number of hydrogen-bond acceptors (Lipinski definition) is 16. The summed E-state index contributed by atoms with van der Waals surface area (Å²) in [6, 6.07) is 47.5. The third-order valence-electron chi connectivity index (χ3n) is 22.3. The summed E-state index contributed by atoms with van der Waals surface area (Å²) in [5.41, 5.74) is 14.1. The molecule has 0 unspecified atom stereocenters. The number of halogens is 4. The number of carbonyl (C=O) groups is 8. The highest BCUT2D eigenvalue weighted by Crippen LogP contribution is 2.46.